The van der Waals surface area contributed by atoms with Gasteiger partial charge in [0.15, 0.2) is 6.10 Å². The first-order chi connectivity index (χ1) is 9.65. The topological polar surface area (TPSA) is 58.6 Å². The van der Waals surface area contributed by atoms with Gasteiger partial charge in [0.2, 0.25) is 5.91 Å². The second-order valence-corrected chi connectivity index (χ2v) is 4.87. The van der Waals surface area contributed by atoms with Crippen molar-refractivity contribution >= 4 is 11.8 Å². The van der Waals surface area contributed by atoms with Crippen LogP contribution in [-0.2, 0) is 14.3 Å². The molecule has 1 N–H and O–H groups in total. The van der Waals surface area contributed by atoms with E-state index >= 15 is 0 Å². The van der Waals surface area contributed by atoms with Gasteiger partial charge in [0.25, 0.3) is 5.91 Å². The van der Waals surface area contributed by atoms with Gasteiger partial charge in [0.1, 0.15) is 0 Å². The standard InChI is InChI=1S/C15H20N2O3/c1-3-17-10-12(9-13(17)18)16-15(19)14(20-2)11-7-5-4-6-8-11/h4-8,12,14H,3,9-10H2,1-2H3,(H,16,19)/t12-,14-/m0/s1. The smallest absolute Gasteiger partial charge is 0.254 e. The van der Waals surface area contributed by atoms with E-state index < -0.39 is 6.10 Å². The molecular weight excluding hydrogens is 256 g/mol. The van der Waals surface area contributed by atoms with Crippen LogP contribution < -0.4 is 5.32 Å². The number of carbonyl (C=O) groups excluding carboxylic acids is 2. The summed E-state index contributed by atoms with van der Waals surface area (Å²) in [7, 11) is 1.51. The van der Waals surface area contributed by atoms with E-state index in [1.807, 2.05) is 37.3 Å². The van der Waals surface area contributed by atoms with Crippen molar-refractivity contribution < 1.29 is 14.3 Å². The molecule has 0 bridgehead atoms. The molecule has 0 aliphatic carbocycles. The molecule has 2 atom stereocenters. The highest BCUT2D eigenvalue weighted by Crippen LogP contribution is 2.18. The number of hydrogen-bond acceptors (Lipinski definition) is 3. The van der Waals surface area contributed by atoms with Crippen LogP contribution in [0.15, 0.2) is 30.3 Å². The number of hydrogen-bond donors (Lipinski definition) is 1. The minimum Gasteiger partial charge on any atom is -0.367 e. The van der Waals surface area contributed by atoms with Crippen molar-refractivity contribution in [2.45, 2.75) is 25.5 Å². The highest BCUT2D eigenvalue weighted by molar-refractivity contribution is 5.85. The first kappa shape index (κ1) is 14.5. The van der Waals surface area contributed by atoms with E-state index in [0.29, 0.717) is 19.5 Å². The molecule has 1 fully saturated rings. The van der Waals surface area contributed by atoms with E-state index in [0.717, 1.165) is 5.56 Å². The lowest BCUT2D eigenvalue weighted by Gasteiger charge is -2.19. The number of nitrogens with zero attached hydrogens (tertiary/aromatic N) is 1. The van der Waals surface area contributed by atoms with Crippen LogP contribution in [0.5, 0.6) is 0 Å². The van der Waals surface area contributed by atoms with E-state index in [4.69, 9.17) is 4.74 Å². The maximum atomic E-state index is 12.3. The van der Waals surface area contributed by atoms with Crippen molar-refractivity contribution in [3.8, 4) is 0 Å². The minimum atomic E-state index is -0.637. The Morgan fingerprint density at radius 1 is 1.45 bits per heavy atom. The van der Waals surface area contributed by atoms with Crippen LogP contribution in [0.25, 0.3) is 0 Å². The largest absolute Gasteiger partial charge is 0.367 e. The zero-order chi connectivity index (χ0) is 14.5. The number of methoxy groups -OCH3 is 1. The lowest BCUT2D eigenvalue weighted by Crippen LogP contribution is -2.40. The van der Waals surface area contributed by atoms with E-state index in [-0.39, 0.29) is 17.9 Å². The predicted octanol–water partition coefficient (Wildman–Crippen LogP) is 1.11. The summed E-state index contributed by atoms with van der Waals surface area (Å²) in [6, 6.07) is 9.20. The van der Waals surface area contributed by atoms with Gasteiger partial charge in [-0.25, -0.2) is 0 Å². The highest BCUT2D eigenvalue weighted by atomic mass is 16.5. The summed E-state index contributed by atoms with van der Waals surface area (Å²) in [6.07, 6.45) is -0.271. The summed E-state index contributed by atoms with van der Waals surface area (Å²) in [4.78, 5) is 25.7. The molecule has 1 aromatic rings. The average molecular weight is 276 g/mol. The Morgan fingerprint density at radius 2 is 2.15 bits per heavy atom. The van der Waals surface area contributed by atoms with Crippen LogP contribution in [0.3, 0.4) is 0 Å². The fourth-order valence-corrected chi connectivity index (χ4v) is 2.47. The van der Waals surface area contributed by atoms with Crippen LogP contribution in [0.2, 0.25) is 0 Å². The molecule has 1 aliphatic rings. The number of carbonyl (C=O) groups is 2. The maximum Gasteiger partial charge on any atom is 0.254 e. The molecule has 1 saturated heterocycles. The summed E-state index contributed by atoms with van der Waals surface area (Å²) in [5, 5.41) is 2.90. The summed E-state index contributed by atoms with van der Waals surface area (Å²) in [5.74, 6) is -0.110. The number of likely N-dealkylation sites (N-methyl/N-ethyl adjacent to an activating group) is 1. The number of amides is 2. The molecule has 2 rings (SSSR count). The predicted molar refractivity (Wildman–Crippen MR) is 75.0 cm³/mol. The summed E-state index contributed by atoms with van der Waals surface area (Å²) < 4.78 is 5.28. The molecular formula is C15H20N2O3. The van der Waals surface area contributed by atoms with E-state index in [1.165, 1.54) is 7.11 Å². The summed E-state index contributed by atoms with van der Waals surface area (Å²) in [5.41, 5.74) is 0.809. The Bertz CT molecular complexity index is 475. The Kier molecular flexibility index (Phi) is 4.74. The second-order valence-electron chi connectivity index (χ2n) is 4.87. The minimum absolute atomic E-state index is 0.0893. The van der Waals surface area contributed by atoms with Crippen LogP contribution >= 0.6 is 0 Å². The third-order valence-electron chi connectivity index (χ3n) is 3.52. The van der Waals surface area contributed by atoms with Crippen molar-refractivity contribution in [3.05, 3.63) is 35.9 Å². The number of rotatable bonds is 5. The lowest BCUT2D eigenvalue weighted by atomic mass is 10.1. The molecule has 1 heterocycles. The molecule has 0 aromatic heterocycles. The number of likely N-dealkylation sites (tertiary alicyclic amines) is 1. The van der Waals surface area contributed by atoms with Gasteiger partial charge in [0.05, 0.1) is 6.04 Å². The fraction of sp³-hybridized carbons (Fsp3) is 0.467. The van der Waals surface area contributed by atoms with Gasteiger partial charge >= 0.3 is 0 Å². The van der Waals surface area contributed by atoms with Crippen LogP contribution in [-0.4, -0.2) is 43.0 Å². The monoisotopic (exact) mass is 276 g/mol. The quantitative estimate of drug-likeness (QED) is 0.876. The highest BCUT2D eigenvalue weighted by Gasteiger charge is 2.31. The zero-order valence-corrected chi connectivity index (χ0v) is 11.8. The molecule has 0 radical (unpaired) electrons. The van der Waals surface area contributed by atoms with E-state index in [1.54, 1.807) is 4.90 Å². The first-order valence-corrected chi connectivity index (χ1v) is 6.81. The molecule has 108 valence electrons. The molecule has 0 unspecified atom stereocenters. The third kappa shape index (κ3) is 3.17. The first-order valence-electron chi connectivity index (χ1n) is 6.81. The summed E-state index contributed by atoms with van der Waals surface area (Å²) in [6.45, 7) is 3.19. The van der Waals surface area contributed by atoms with Crippen molar-refractivity contribution in [1.82, 2.24) is 10.2 Å². The van der Waals surface area contributed by atoms with Gasteiger partial charge in [-0.15, -0.1) is 0 Å². The zero-order valence-electron chi connectivity index (χ0n) is 11.8. The Morgan fingerprint density at radius 3 is 2.70 bits per heavy atom. The molecule has 0 saturated carbocycles. The van der Waals surface area contributed by atoms with Crippen LogP contribution in [0.4, 0.5) is 0 Å². The molecule has 2 amide bonds. The van der Waals surface area contributed by atoms with Gasteiger partial charge in [-0.2, -0.15) is 0 Å². The van der Waals surface area contributed by atoms with Gasteiger partial charge < -0.3 is 15.0 Å². The Labute approximate surface area is 118 Å². The number of nitrogens with one attached hydrogen (secondary N) is 1. The van der Waals surface area contributed by atoms with E-state index in [9.17, 15) is 9.59 Å². The van der Waals surface area contributed by atoms with Gasteiger partial charge in [-0.1, -0.05) is 30.3 Å². The van der Waals surface area contributed by atoms with Gasteiger partial charge in [-0.3, -0.25) is 9.59 Å². The van der Waals surface area contributed by atoms with Crippen LogP contribution in [0.1, 0.15) is 25.0 Å². The molecule has 20 heavy (non-hydrogen) atoms. The Hall–Kier alpha value is -1.88. The Balaban J connectivity index is 1.99. The maximum absolute atomic E-state index is 12.3. The second kappa shape index (κ2) is 6.52. The molecule has 0 spiro atoms. The third-order valence-corrected chi connectivity index (χ3v) is 3.52. The summed E-state index contributed by atoms with van der Waals surface area (Å²) >= 11 is 0. The van der Waals surface area contributed by atoms with Crippen LogP contribution in [0, 0.1) is 0 Å². The fourth-order valence-electron chi connectivity index (χ4n) is 2.47. The van der Waals surface area contributed by atoms with Crippen molar-refractivity contribution in [2.24, 2.45) is 0 Å². The van der Waals surface area contributed by atoms with Gasteiger partial charge in [0, 0.05) is 26.6 Å². The average Bonchev–Trinajstić information content (AvgIpc) is 2.80. The van der Waals surface area contributed by atoms with Crippen molar-refractivity contribution in [1.29, 1.82) is 0 Å². The van der Waals surface area contributed by atoms with Gasteiger partial charge in [-0.05, 0) is 12.5 Å². The molecule has 5 heteroatoms. The van der Waals surface area contributed by atoms with Crippen molar-refractivity contribution in [3.63, 3.8) is 0 Å². The lowest BCUT2D eigenvalue weighted by molar-refractivity contribution is -0.132. The number of benzene rings is 1. The SMILES string of the molecule is CCN1C[C@@H](NC(=O)[C@@H](OC)c2ccccc2)CC1=O. The normalized spacial score (nSPS) is 20.0. The van der Waals surface area contributed by atoms with E-state index in [2.05, 4.69) is 5.32 Å². The number of ether oxygens (including phenoxy) is 1. The van der Waals surface area contributed by atoms with Crippen molar-refractivity contribution in [2.75, 3.05) is 20.2 Å². The molecule has 1 aliphatic heterocycles. The molecule has 5 nitrogen and oxygen atoms in total. The molecule has 1 aromatic carbocycles.